The number of rotatable bonds is 6. The van der Waals surface area contributed by atoms with Crippen LogP contribution in [0.3, 0.4) is 0 Å². The molecule has 0 radical (unpaired) electrons. The molecule has 0 unspecified atom stereocenters. The van der Waals surface area contributed by atoms with Crippen molar-refractivity contribution in [2.45, 2.75) is 81.7 Å². The van der Waals surface area contributed by atoms with Crippen molar-refractivity contribution in [3.8, 4) is 0 Å². The Bertz CT molecular complexity index is 879. The van der Waals surface area contributed by atoms with Crippen LogP contribution in [-0.2, 0) is 9.53 Å². The normalized spacial score (nSPS) is 28.9. The van der Waals surface area contributed by atoms with Gasteiger partial charge in [-0.25, -0.2) is 0 Å². The number of ether oxygens (including phenoxy) is 1. The minimum atomic E-state index is -0.449. The summed E-state index contributed by atoms with van der Waals surface area (Å²) in [4.78, 5) is 32.4. The molecule has 1 aliphatic carbocycles. The fourth-order valence-electron chi connectivity index (χ4n) is 7.50. The molecule has 5 rings (SSSR count). The Morgan fingerprint density at radius 1 is 1.06 bits per heavy atom. The Morgan fingerprint density at radius 2 is 1.85 bits per heavy atom. The van der Waals surface area contributed by atoms with E-state index < -0.39 is 5.54 Å². The zero-order chi connectivity index (χ0) is 23.5. The third-order valence-electron chi connectivity index (χ3n) is 9.09. The van der Waals surface area contributed by atoms with Gasteiger partial charge >= 0.3 is 0 Å². The summed E-state index contributed by atoms with van der Waals surface area (Å²) in [7, 11) is 1.68. The monoisotopic (exact) mass is 467 g/mol. The smallest absolute Gasteiger partial charge is 0.254 e. The number of carbonyl (C=O) groups excluding carboxylic acids is 2. The van der Waals surface area contributed by atoms with Gasteiger partial charge in [-0.2, -0.15) is 0 Å². The first-order valence-electron chi connectivity index (χ1n) is 13.6. The maximum atomic E-state index is 14.1. The average Bonchev–Trinajstić information content (AvgIpc) is 2.88. The number of methoxy groups -OCH3 is 1. The summed E-state index contributed by atoms with van der Waals surface area (Å²) in [6.07, 6.45) is 11.4. The van der Waals surface area contributed by atoms with E-state index in [1.807, 2.05) is 29.2 Å². The van der Waals surface area contributed by atoms with Crippen molar-refractivity contribution in [2.24, 2.45) is 5.92 Å². The molecule has 6 heteroatoms. The molecule has 0 aromatic heterocycles. The molecular weight excluding hydrogens is 426 g/mol. The molecule has 1 aromatic rings. The summed E-state index contributed by atoms with van der Waals surface area (Å²) in [6.45, 7) is 4.20. The van der Waals surface area contributed by atoms with Gasteiger partial charge in [-0.3, -0.25) is 9.59 Å². The van der Waals surface area contributed by atoms with Gasteiger partial charge in [0.15, 0.2) is 0 Å². The predicted octanol–water partition coefficient (Wildman–Crippen LogP) is 3.96. The molecule has 186 valence electrons. The van der Waals surface area contributed by atoms with Crippen LogP contribution < -0.4 is 5.32 Å². The second-order valence-corrected chi connectivity index (χ2v) is 10.9. The van der Waals surface area contributed by atoms with Crippen molar-refractivity contribution < 1.29 is 14.3 Å². The molecule has 3 atom stereocenters. The Kier molecular flexibility index (Phi) is 7.26. The number of benzene rings is 1. The van der Waals surface area contributed by atoms with Crippen molar-refractivity contribution in [3.63, 3.8) is 0 Å². The van der Waals surface area contributed by atoms with Gasteiger partial charge in [0.2, 0.25) is 5.91 Å². The van der Waals surface area contributed by atoms with E-state index in [0.29, 0.717) is 30.7 Å². The highest BCUT2D eigenvalue weighted by Gasteiger charge is 2.54. The summed E-state index contributed by atoms with van der Waals surface area (Å²) in [5.74, 6) is 0.385. The summed E-state index contributed by atoms with van der Waals surface area (Å²) in [5, 5.41) is 3.42. The van der Waals surface area contributed by atoms with Crippen LogP contribution in [0.1, 0.15) is 86.0 Å². The SMILES string of the molecule is COCCN1C(=O)c2ccccc2[C@@H](C(=O)NC[C@H]2CCCN3CCCC[C@H]23)C12CCCCC2. The maximum absolute atomic E-state index is 14.1. The lowest BCUT2D eigenvalue weighted by molar-refractivity contribution is -0.128. The number of piperidine rings is 2. The predicted molar refractivity (Wildman–Crippen MR) is 133 cm³/mol. The van der Waals surface area contributed by atoms with Gasteiger partial charge in [-0.15, -0.1) is 0 Å². The van der Waals surface area contributed by atoms with E-state index in [1.54, 1.807) is 7.11 Å². The Hall–Kier alpha value is -1.92. The number of hydrogen-bond donors (Lipinski definition) is 1. The van der Waals surface area contributed by atoms with Crippen LogP contribution in [0.25, 0.3) is 0 Å². The highest BCUT2D eigenvalue weighted by atomic mass is 16.5. The molecule has 4 aliphatic rings. The first-order chi connectivity index (χ1) is 16.7. The molecule has 0 bridgehead atoms. The lowest BCUT2D eigenvalue weighted by Crippen LogP contribution is -2.63. The standard InChI is InChI=1S/C28H41N3O3/c1-34-19-18-31-27(33)23-12-4-3-11-22(23)25(28(31)14-6-2-7-15-28)26(32)29-20-21-10-9-17-30-16-8-5-13-24(21)30/h3-4,11-12,21,24-25H,2,5-10,13-20H2,1H3,(H,29,32)/t21-,24-,25+/m1/s1. The molecule has 3 heterocycles. The first-order valence-corrected chi connectivity index (χ1v) is 13.6. The molecule has 3 fully saturated rings. The van der Waals surface area contributed by atoms with E-state index in [9.17, 15) is 9.59 Å². The van der Waals surface area contributed by atoms with Crippen molar-refractivity contribution in [2.75, 3.05) is 39.9 Å². The molecule has 2 saturated heterocycles. The van der Waals surface area contributed by atoms with Crippen LogP contribution in [-0.4, -0.2) is 73.1 Å². The molecule has 2 amide bonds. The molecular formula is C28H41N3O3. The highest BCUT2D eigenvalue weighted by Crippen LogP contribution is 2.49. The van der Waals surface area contributed by atoms with Gasteiger partial charge in [-0.05, 0) is 69.2 Å². The van der Waals surface area contributed by atoms with Crippen LogP contribution >= 0.6 is 0 Å². The molecule has 34 heavy (non-hydrogen) atoms. The summed E-state index contributed by atoms with van der Waals surface area (Å²) >= 11 is 0. The van der Waals surface area contributed by atoms with Gasteiger partial charge in [0.05, 0.1) is 18.1 Å². The van der Waals surface area contributed by atoms with Crippen molar-refractivity contribution in [3.05, 3.63) is 35.4 Å². The third-order valence-corrected chi connectivity index (χ3v) is 9.09. The molecule has 1 saturated carbocycles. The maximum Gasteiger partial charge on any atom is 0.254 e. The van der Waals surface area contributed by atoms with Gasteiger partial charge < -0.3 is 19.9 Å². The second-order valence-electron chi connectivity index (χ2n) is 10.9. The second kappa shape index (κ2) is 10.4. The van der Waals surface area contributed by atoms with E-state index in [1.165, 1.54) is 51.6 Å². The topological polar surface area (TPSA) is 61.9 Å². The van der Waals surface area contributed by atoms with E-state index in [0.717, 1.165) is 37.8 Å². The molecule has 1 N–H and O–H groups in total. The van der Waals surface area contributed by atoms with Crippen molar-refractivity contribution >= 4 is 11.8 Å². The van der Waals surface area contributed by atoms with Crippen molar-refractivity contribution in [1.82, 2.24) is 15.1 Å². The fourth-order valence-corrected chi connectivity index (χ4v) is 7.50. The van der Waals surface area contributed by atoms with Crippen LogP contribution in [0, 0.1) is 5.92 Å². The van der Waals surface area contributed by atoms with E-state index in [2.05, 4.69) is 10.2 Å². The Balaban J connectivity index is 1.43. The zero-order valence-corrected chi connectivity index (χ0v) is 20.8. The van der Waals surface area contributed by atoms with E-state index in [4.69, 9.17) is 4.74 Å². The summed E-state index contributed by atoms with van der Waals surface area (Å²) in [6, 6.07) is 8.43. The minimum absolute atomic E-state index is 0.0590. The van der Waals surface area contributed by atoms with Crippen LogP contribution in [0.5, 0.6) is 0 Å². The third kappa shape index (κ3) is 4.28. The van der Waals surface area contributed by atoms with E-state index in [-0.39, 0.29) is 17.7 Å². The lowest BCUT2D eigenvalue weighted by Gasteiger charge is -2.54. The Labute approximate surface area is 204 Å². The molecule has 1 spiro atoms. The van der Waals surface area contributed by atoms with Crippen LogP contribution in [0.2, 0.25) is 0 Å². The average molecular weight is 468 g/mol. The van der Waals surface area contributed by atoms with Crippen LogP contribution in [0.15, 0.2) is 24.3 Å². The van der Waals surface area contributed by atoms with Crippen LogP contribution in [0.4, 0.5) is 0 Å². The first kappa shape index (κ1) is 23.8. The van der Waals surface area contributed by atoms with Gasteiger partial charge in [0.1, 0.15) is 0 Å². The summed E-state index contributed by atoms with van der Waals surface area (Å²) in [5.41, 5.74) is 1.16. The molecule has 3 aliphatic heterocycles. The van der Waals surface area contributed by atoms with Gasteiger partial charge in [0.25, 0.3) is 5.91 Å². The number of nitrogens with zero attached hydrogens (tertiary/aromatic N) is 2. The van der Waals surface area contributed by atoms with Crippen molar-refractivity contribution in [1.29, 1.82) is 0 Å². The number of carbonyl (C=O) groups is 2. The molecule has 1 aromatic carbocycles. The Morgan fingerprint density at radius 3 is 2.68 bits per heavy atom. The lowest BCUT2D eigenvalue weighted by atomic mass is 9.65. The fraction of sp³-hybridized carbons (Fsp3) is 0.714. The van der Waals surface area contributed by atoms with E-state index >= 15 is 0 Å². The number of amides is 2. The zero-order valence-electron chi connectivity index (χ0n) is 20.8. The highest BCUT2D eigenvalue weighted by molar-refractivity contribution is 6.02. The minimum Gasteiger partial charge on any atom is -0.383 e. The quantitative estimate of drug-likeness (QED) is 0.688. The summed E-state index contributed by atoms with van der Waals surface area (Å²) < 4.78 is 5.39. The number of hydrogen-bond acceptors (Lipinski definition) is 4. The largest absolute Gasteiger partial charge is 0.383 e. The molecule has 6 nitrogen and oxygen atoms in total. The number of nitrogens with one attached hydrogen (secondary N) is 1. The van der Waals surface area contributed by atoms with Gasteiger partial charge in [0, 0.05) is 31.8 Å². The number of fused-ring (bicyclic) bond motifs is 2. The van der Waals surface area contributed by atoms with Gasteiger partial charge in [-0.1, -0.05) is 43.9 Å².